The second-order valence-corrected chi connectivity index (χ2v) is 2.30. The Morgan fingerprint density at radius 3 is 1.79 bits per heavy atom. The third kappa shape index (κ3) is 13.2. The van der Waals surface area contributed by atoms with Crippen molar-refractivity contribution in [3.63, 3.8) is 0 Å². The molecule has 0 aromatic carbocycles. The van der Waals surface area contributed by atoms with Crippen LogP contribution in [0.3, 0.4) is 0 Å². The number of carbonyl (C=O) groups is 1. The number of nitriles is 2. The van der Waals surface area contributed by atoms with E-state index >= 15 is 0 Å². The lowest BCUT2D eigenvalue weighted by Gasteiger charge is -2.09. The van der Waals surface area contributed by atoms with Gasteiger partial charge in [-0.25, -0.2) is 0 Å². The van der Waals surface area contributed by atoms with Crippen molar-refractivity contribution in [2.45, 2.75) is 26.1 Å². The fourth-order valence-electron chi connectivity index (χ4n) is 0.533. The number of carbonyl (C=O) groups excluding carboxylic acids is 1. The summed E-state index contributed by atoms with van der Waals surface area (Å²) in [5.74, 6) is 0.0729. The number of ether oxygens (including phenoxy) is 2. The minimum Gasteiger partial charge on any atom is -0.355 e. The molecule has 5 nitrogen and oxygen atoms in total. The average molecular weight is 198 g/mol. The highest BCUT2D eigenvalue weighted by molar-refractivity contribution is 5.75. The normalized spacial score (nSPS) is 8.14. The summed E-state index contributed by atoms with van der Waals surface area (Å²) in [5, 5.41) is 15.2. The highest BCUT2D eigenvalue weighted by atomic mass is 16.7. The quantitative estimate of drug-likeness (QED) is 0.629. The number of hydrogen-bond donors (Lipinski definition) is 0. The van der Waals surface area contributed by atoms with Crippen LogP contribution in [0.5, 0.6) is 0 Å². The second-order valence-electron chi connectivity index (χ2n) is 2.30. The molecule has 0 radical (unpaired) electrons. The van der Waals surface area contributed by atoms with E-state index in [0.717, 1.165) is 0 Å². The van der Waals surface area contributed by atoms with E-state index in [1.807, 2.05) is 0 Å². The van der Waals surface area contributed by atoms with E-state index in [9.17, 15) is 4.79 Å². The van der Waals surface area contributed by atoms with Crippen molar-refractivity contribution in [2.75, 3.05) is 14.2 Å². The molecule has 0 heterocycles. The molecule has 0 unspecified atom stereocenters. The summed E-state index contributed by atoms with van der Waals surface area (Å²) in [4.78, 5) is 10.4. The fourth-order valence-corrected chi connectivity index (χ4v) is 0.533. The van der Waals surface area contributed by atoms with Gasteiger partial charge in [-0.05, 0) is 6.92 Å². The monoisotopic (exact) mass is 198 g/mol. The molecular formula is C9H14N2O3. The topological polar surface area (TPSA) is 83.1 Å². The van der Waals surface area contributed by atoms with E-state index in [2.05, 4.69) is 0 Å². The van der Waals surface area contributed by atoms with Crippen LogP contribution in [0, 0.1) is 22.7 Å². The van der Waals surface area contributed by atoms with Gasteiger partial charge in [0.1, 0.15) is 12.2 Å². The maximum Gasteiger partial charge on any atom is 0.163 e. The summed E-state index contributed by atoms with van der Waals surface area (Å²) >= 11 is 0. The molecule has 5 heteroatoms. The van der Waals surface area contributed by atoms with Crippen molar-refractivity contribution in [2.24, 2.45) is 0 Å². The van der Waals surface area contributed by atoms with Gasteiger partial charge in [0.25, 0.3) is 0 Å². The molecule has 0 aromatic heterocycles. The third-order valence-electron chi connectivity index (χ3n) is 1.14. The molecule has 0 fully saturated rings. The zero-order valence-corrected chi connectivity index (χ0v) is 8.61. The Balaban J connectivity index is 0. The standard InChI is InChI=1S/C6H12O3.C3H2N2/c1-5(7)4-6(8-2)9-3;4-2-1-3-5/h6H,4H2,1-3H3;1H2. The maximum absolute atomic E-state index is 10.4. The SMILES string of the molecule is COC(CC(C)=O)OC.N#CCC#N. The largest absolute Gasteiger partial charge is 0.355 e. The van der Waals surface area contributed by atoms with Crippen LogP contribution in [0.4, 0.5) is 0 Å². The minimum atomic E-state index is -0.373. The number of ketones is 1. The first-order chi connectivity index (χ1) is 6.62. The predicted molar refractivity (Wildman–Crippen MR) is 48.9 cm³/mol. The maximum atomic E-state index is 10.4. The lowest BCUT2D eigenvalue weighted by Crippen LogP contribution is -2.16. The van der Waals surface area contributed by atoms with Crippen molar-refractivity contribution < 1.29 is 14.3 Å². The van der Waals surface area contributed by atoms with Crippen molar-refractivity contribution in [1.82, 2.24) is 0 Å². The summed E-state index contributed by atoms with van der Waals surface area (Å²) in [5.41, 5.74) is 0. The first kappa shape index (κ1) is 15.1. The molecule has 0 saturated carbocycles. The van der Waals surface area contributed by atoms with Gasteiger partial charge in [-0.3, -0.25) is 4.79 Å². The van der Waals surface area contributed by atoms with Crippen molar-refractivity contribution >= 4 is 5.78 Å². The van der Waals surface area contributed by atoms with Gasteiger partial charge in [0.2, 0.25) is 0 Å². The molecule has 0 aliphatic carbocycles. The summed E-state index contributed by atoms with van der Waals surface area (Å²) < 4.78 is 9.53. The second kappa shape index (κ2) is 11.6. The van der Waals surface area contributed by atoms with Crippen molar-refractivity contribution in [3.8, 4) is 12.1 Å². The van der Waals surface area contributed by atoms with Crippen LogP contribution in [0.25, 0.3) is 0 Å². The molecule has 0 aromatic rings. The molecule has 0 rings (SSSR count). The van der Waals surface area contributed by atoms with Gasteiger partial charge in [-0.15, -0.1) is 0 Å². The molecule has 0 spiro atoms. The van der Waals surface area contributed by atoms with Gasteiger partial charge in [0.15, 0.2) is 6.29 Å². The number of nitrogens with zero attached hydrogens (tertiary/aromatic N) is 2. The van der Waals surface area contributed by atoms with Crippen LogP contribution >= 0.6 is 0 Å². The van der Waals surface area contributed by atoms with Gasteiger partial charge in [-0.2, -0.15) is 10.5 Å². The first-order valence-corrected chi connectivity index (χ1v) is 3.91. The molecule has 0 aliphatic heterocycles. The van der Waals surface area contributed by atoms with Crippen LogP contribution in [0.15, 0.2) is 0 Å². The number of Topliss-reactive ketones (excluding diaryl/α,β-unsaturated/α-hetero) is 1. The van der Waals surface area contributed by atoms with Gasteiger partial charge in [0.05, 0.1) is 18.6 Å². The lowest BCUT2D eigenvalue weighted by atomic mass is 10.3. The molecule has 0 saturated heterocycles. The molecular weight excluding hydrogens is 184 g/mol. The Morgan fingerprint density at radius 2 is 1.71 bits per heavy atom. The molecule has 0 amide bonds. The molecule has 0 N–H and O–H groups in total. The number of methoxy groups -OCH3 is 2. The molecule has 0 bridgehead atoms. The lowest BCUT2D eigenvalue weighted by molar-refractivity contribution is -0.135. The summed E-state index contributed by atoms with van der Waals surface area (Å²) in [6, 6.07) is 3.31. The average Bonchev–Trinajstić information content (AvgIpc) is 2.16. The highest BCUT2D eigenvalue weighted by Crippen LogP contribution is 1.96. The van der Waals surface area contributed by atoms with Crippen LogP contribution in [0.2, 0.25) is 0 Å². The van der Waals surface area contributed by atoms with Crippen molar-refractivity contribution in [1.29, 1.82) is 10.5 Å². The fraction of sp³-hybridized carbons (Fsp3) is 0.667. The van der Waals surface area contributed by atoms with Crippen LogP contribution in [0.1, 0.15) is 19.8 Å². The predicted octanol–water partition coefficient (Wildman–Crippen LogP) is 1.01. The highest BCUT2D eigenvalue weighted by Gasteiger charge is 2.06. The zero-order chi connectivity index (χ0) is 11.4. The van der Waals surface area contributed by atoms with Crippen LogP contribution in [-0.2, 0) is 14.3 Å². The summed E-state index contributed by atoms with van der Waals surface area (Å²) in [7, 11) is 3.02. The molecule has 0 atom stereocenters. The van der Waals surface area contributed by atoms with Crippen molar-refractivity contribution in [3.05, 3.63) is 0 Å². The molecule has 0 aliphatic rings. The van der Waals surface area contributed by atoms with E-state index in [0.29, 0.717) is 6.42 Å². The minimum absolute atomic E-state index is 0. The van der Waals surface area contributed by atoms with E-state index < -0.39 is 0 Å². The van der Waals surface area contributed by atoms with E-state index in [1.54, 1.807) is 12.1 Å². The Kier molecular flexibility index (Phi) is 12.4. The summed E-state index contributed by atoms with van der Waals surface area (Å²) in [6.45, 7) is 1.50. The van der Waals surface area contributed by atoms with E-state index in [1.165, 1.54) is 21.1 Å². The van der Waals surface area contributed by atoms with Gasteiger partial charge in [0, 0.05) is 14.2 Å². The van der Waals surface area contributed by atoms with Crippen LogP contribution < -0.4 is 0 Å². The Bertz CT molecular complexity index is 211. The molecule has 78 valence electrons. The van der Waals surface area contributed by atoms with Gasteiger partial charge in [-0.1, -0.05) is 0 Å². The van der Waals surface area contributed by atoms with Gasteiger partial charge < -0.3 is 9.47 Å². The Hall–Kier alpha value is -1.43. The molecule has 14 heavy (non-hydrogen) atoms. The smallest absolute Gasteiger partial charge is 0.163 e. The Labute approximate surface area is 83.8 Å². The first-order valence-electron chi connectivity index (χ1n) is 3.91. The Morgan fingerprint density at radius 1 is 1.29 bits per heavy atom. The number of rotatable bonds is 4. The summed E-state index contributed by atoms with van der Waals surface area (Å²) in [6.07, 6.45) is -0.0463. The number of hydrogen-bond acceptors (Lipinski definition) is 5. The van der Waals surface area contributed by atoms with E-state index in [-0.39, 0.29) is 18.5 Å². The third-order valence-corrected chi connectivity index (χ3v) is 1.14. The zero-order valence-electron chi connectivity index (χ0n) is 8.61. The van der Waals surface area contributed by atoms with Gasteiger partial charge >= 0.3 is 0 Å². The van der Waals surface area contributed by atoms with Crippen LogP contribution in [-0.4, -0.2) is 26.3 Å². The van der Waals surface area contributed by atoms with E-state index in [4.69, 9.17) is 20.0 Å².